The average molecular weight is 386 g/mol. The van der Waals surface area contributed by atoms with E-state index in [2.05, 4.69) is 17.3 Å². The molecule has 0 radical (unpaired) electrons. The van der Waals surface area contributed by atoms with Crippen molar-refractivity contribution in [2.75, 3.05) is 0 Å². The minimum Gasteiger partial charge on any atom is -0.489 e. The highest BCUT2D eigenvalue weighted by Gasteiger charge is 2.56. The first kappa shape index (κ1) is 17.9. The van der Waals surface area contributed by atoms with Gasteiger partial charge in [-0.1, -0.05) is 42.5 Å². The molecule has 1 saturated heterocycles. The summed E-state index contributed by atoms with van der Waals surface area (Å²) >= 11 is 0. The summed E-state index contributed by atoms with van der Waals surface area (Å²) in [4.78, 5) is 25.5. The molecule has 2 amide bonds. The first-order valence-corrected chi connectivity index (χ1v) is 10.1. The summed E-state index contributed by atoms with van der Waals surface area (Å²) in [5.41, 5.74) is 1.92. The Morgan fingerprint density at radius 1 is 0.897 bits per heavy atom. The number of ether oxygens (including phenoxy) is 1. The van der Waals surface area contributed by atoms with Crippen LogP contribution >= 0.6 is 0 Å². The highest BCUT2D eigenvalue weighted by atomic mass is 16.5. The molecule has 2 bridgehead atoms. The lowest BCUT2D eigenvalue weighted by Gasteiger charge is -2.37. The van der Waals surface area contributed by atoms with Crippen LogP contribution in [0.25, 0.3) is 0 Å². The van der Waals surface area contributed by atoms with E-state index >= 15 is 0 Å². The Balaban J connectivity index is 1.25. The lowest BCUT2D eigenvalue weighted by molar-refractivity contribution is -0.140. The molecule has 2 aromatic carbocycles. The summed E-state index contributed by atoms with van der Waals surface area (Å²) in [6.45, 7) is 0.504. The largest absolute Gasteiger partial charge is 0.489 e. The molecule has 4 unspecified atom stereocenters. The Labute approximate surface area is 169 Å². The number of imide groups is 1. The van der Waals surface area contributed by atoms with Gasteiger partial charge < -0.3 is 4.74 Å². The van der Waals surface area contributed by atoms with E-state index in [1.807, 2.05) is 54.6 Å². The highest BCUT2D eigenvalue weighted by Crippen LogP contribution is 2.49. The number of fused-ring (bicyclic) bond motifs is 1. The second-order valence-electron chi connectivity index (χ2n) is 7.92. The van der Waals surface area contributed by atoms with Crippen molar-refractivity contribution < 1.29 is 14.3 Å². The van der Waals surface area contributed by atoms with Crippen molar-refractivity contribution in [3.05, 3.63) is 77.9 Å². The zero-order valence-corrected chi connectivity index (χ0v) is 16.0. The third kappa shape index (κ3) is 3.27. The van der Waals surface area contributed by atoms with Gasteiger partial charge in [-0.3, -0.25) is 9.59 Å². The van der Waals surface area contributed by atoms with Crippen molar-refractivity contribution in [3.8, 4) is 5.75 Å². The molecule has 1 aliphatic heterocycles. The van der Waals surface area contributed by atoms with Crippen molar-refractivity contribution in [1.82, 2.24) is 5.01 Å². The third-order valence-electron chi connectivity index (χ3n) is 6.19. The Hall–Kier alpha value is -3.21. The number of hydrazone groups is 1. The first-order chi connectivity index (χ1) is 14.2. The summed E-state index contributed by atoms with van der Waals surface area (Å²) in [5.74, 6) is 0.365. The quantitative estimate of drug-likeness (QED) is 0.446. The fourth-order valence-corrected chi connectivity index (χ4v) is 4.69. The summed E-state index contributed by atoms with van der Waals surface area (Å²) in [5, 5.41) is 5.33. The standard InChI is InChI=1S/C24H22N2O3/c27-23-21-18-8-9-19(11-10-18)22(21)24(28)26(23)25-14-16-6-12-20(13-7-16)29-15-17-4-2-1-3-5-17/h1-9,12-14,18-19,21-22H,10-11,15H2/b25-14+. The molecule has 5 nitrogen and oxygen atoms in total. The van der Waals surface area contributed by atoms with E-state index in [0.717, 1.165) is 34.7 Å². The normalized spacial score (nSPS) is 27.7. The molecule has 6 rings (SSSR count). The monoisotopic (exact) mass is 386 g/mol. The van der Waals surface area contributed by atoms with Crippen LogP contribution in [0.2, 0.25) is 0 Å². The number of carbonyl (C=O) groups excluding carboxylic acids is 2. The maximum atomic E-state index is 12.8. The van der Waals surface area contributed by atoms with Gasteiger partial charge in [0.2, 0.25) is 0 Å². The van der Waals surface area contributed by atoms with Crippen LogP contribution in [-0.4, -0.2) is 23.0 Å². The summed E-state index contributed by atoms with van der Waals surface area (Å²) in [6.07, 6.45) is 7.78. The van der Waals surface area contributed by atoms with E-state index in [0.29, 0.717) is 6.61 Å². The molecule has 2 aromatic rings. The molecule has 4 atom stereocenters. The summed E-state index contributed by atoms with van der Waals surface area (Å²) < 4.78 is 5.78. The Kier molecular flexibility index (Phi) is 4.51. The Bertz CT molecular complexity index is 949. The van der Waals surface area contributed by atoms with Crippen LogP contribution in [-0.2, 0) is 16.2 Å². The number of allylic oxidation sites excluding steroid dienone is 2. The Morgan fingerprint density at radius 3 is 2.10 bits per heavy atom. The van der Waals surface area contributed by atoms with E-state index in [-0.39, 0.29) is 35.5 Å². The van der Waals surface area contributed by atoms with Crippen molar-refractivity contribution in [3.63, 3.8) is 0 Å². The van der Waals surface area contributed by atoms with Crippen molar-refractivity contribution in [2.24, 2.45) is 28.8 Å². The number of nitrogens with zero attached hydrogens (tertiary/aromatic N) is 2. The highest BCUT2D eigenvalue weighted by molar-refractivity contribution is 6.06. The zero-order valence-electron chi connectivity index (χ0n) is 16.0. The van der Waals surface area contributed by atoms with E-state index in [1.54, 1.807) is 6.21 Å². The lowest BCUT2D eigenvalue weighted by Crippen LogP contribution is -2.38. The fraction of sp³-hybridized carbons (Fsp3) is 0.292. The molecule has 1 saturated carbocycles. The van der Waals surface area contributed by atoms with Gasteiger partial charge in [0.15, 0.2) is 0 Å². The molecular weight excluding hydrogens is 364 g/mol. The predicted molar refractivity (Wildman–Crippen MR) is 109 cm³/mol. The molecule has 3 aliphatic carbocycles. The Morgan fingerprint density at radius 2 is 1.52 bits per heavy atom. The zero-order chi connectivity index (χ0) is 19.8. The molecule has 4 aliphatic rings. The molecule has 5 heteroatoms. The van der Waals surface area contributed by atoms with Crippen LogP contribution in [0.3, 0.4) is 0 Å². The second kappa shape index (κ2) is 7.32. The number of hydrogen-bond donors (Lipinski definition) is 0. The number of amides is 2. The number of hydrogen-bond acceptors (Lipinski definition) is 4. The van der Waals surface area contributed by atoms with Crippen molar-refractivity contribution >= 4 is 18.0 Å². The van der Waals surface area contributed by atoms with Crippen LogP contribution in [0.4, 0.5) is 0 Å². The number of carbonyl (C=O) groups is 2. The minimum atomic E-state index is -0.225. The van der Waals surface area contributed by atoms with E-state index in [9.17, 15) is 9.59 Å². The fourth-order valence-electron chi connectivity index (χ4n) is 4.69. The minimum absolute atomic E-state index is 0.155. The second-order valence-corrected chi connectivity index (χ2v) is 7.92. The molecule has 0 aromatic heterocycles. The summed E-state index contributed by atoms with van der Waals surface area (Å²) in [6, 6.07) is 17.4. The molecule has 2 fully saturated rings. The summed E-state index contributed by atoms with van der Waals surface area (Å²) in [7, 11) is 0. The van der Waals surface area contributed by atoms with Gasteiger partial charge in [-0.25, -0.2) is 0 Å². The number of benzene rings is 2. The van der Waals surface area contributed by atoms with E-state index in [1.165, 1.54) is 0 Å². The third-order valence-corrected chi connectivity index (χ3v) is 6.19. The van der Waals surface area contributed by atoms with Gasteiger partial charge in [-0.15, -0.1) is 0 Å². The lowest BCUT2D eigenvalue weighted by atomic mass is 9.63. The predicted octanol–water partition coefficient (Wildman–Crippen LogP) is 3.80. The van der Waals surface area contributed by atoms with E-state index < -0.39 is 0 Å². The maximum absolute atomic E-state index is 12.8. The van der Waals surface area contributed by atoms with Crippen LogP contribution in [0.1, 0.15) is 24.0 Å². The molecule has 29 heavy (non-hydrogen) atoms. The van der Waals surface area contributed by atoms with Gasteiger partial charge in [0.25, 0.3) is 11.8 Å². The van der Waals surface area contributed by atoms with Crippen LogP contribution in [0, 0.1) is 23.7 Å². The SMILES string of the molecule is O=C1C2C3C=CC(CC3)C2C(=O)N1/N=C/c1ccc(OCc2ccccc2)cc1. The van der Waals surface area contributed by atoms with Gasteiger partial charge >= 0.3 is 0 Å². The smallest absolute Gasteiger partial charge is 0.254 e. The van der Waals surface area contributed by atoms with Gasteiger partial charge in [0, 0.05) is 0 Å². The molecule has 0 spiro atoms. The van der Waals surface area contributed by atoms with Gasteiger partial charge in [0.1, 0.15) is 12.4 Å². The van der Waals surface area contributed by atoms with Crippen LogP contribution in [0.15, 0.2) is 71.9 Å². The van der Waals surface area contributed by atoms with Crippen LogP contribution in [0.5, 0.6) is 5.75 Å². The molecule has 0 N–H and O–H groups in total. The molecule has 1 heterocycles. The van der Waals surface area contributed by atoms with Crippen molar-refractivity contribution in [1.29, 1.82) is 0 Å². The molecule has 146 valence electrons. The van der Waals surface area contributed by atoms with E-state index in [4.69, 9.17) is 4.74 Å². The topological polar surface area (TPSA) is 59.0 Å². The van der Waals surface area contributed by atoms with Crippen LogP contribution < -0.4 is 4.74 Å². The van der Waals surface area contributed by atoms with Gasteiger partial charge in [0.05, 0.1) is 18.1 Å². The number of rotatable bonds is 5. The molecular formula is C24H22N2O3. The van der Waals surface area contributed by atoms with Gasteiger partial charge in [-0.2, -0.15) is 10.1 Å². The van der Waals surface area contributed by atoms with Gasteiger partial charge in [-0.05, 0) is 60.1 Å². The average Bonchev–Trinajstić information content (AvgIpc) is 3.05. The first-order valence-electron chi connectivity index (χ1n) is 10.1. The maximum Gasteiger partial charge on any atom is 0.254 e. The van der Waals surface area contributed by atoms with Crippen molar-refractivity contribution in [2.45, 2.75) is 19.4 Å².